The van der Waals surface area contributed by atoms with Gasteiger partial charge in [-0.2, -0.15) is 11.8 Å². The van der Waals surface area contributed by atoms with Gasteiger partial charge in [-0.05, 0) is 18.6 Å². The van der Waals surface area contributed by atoms with Crippen molar-refractivity contribution in [1.29, 1.82) is 0 Å². The molecule has 1 heterocycles. The number of rotatable bonds is 3. The molecule has 0 radical (unpaired) electrons. The minimum Gasteiger partial charge on any atom is -0.355 e. The highest BCUT2D eigenvalue weighted by molar-refractivity contribution is 7.99. The molecule has 2 nitrogen and oxygen atoms in total. The van der Waals surface area contributed by atoms with Crippen molar-refractivity contribution in [2.45, 2.75) is 33.6 Å². The Hall–Kier alpha value is -0.960. The molecule has 0 unspecified atom stereocenters. The maximum absolute atomic E-state index is 10.6. The van der Waals surface area contributed by atoms with Crippen LogP contribution in [0.3, 0.4) is 0 Å². The first kappa shape index (κ1) is 19.4. The summed E-state index contributed by atoms with van der Waals surface area (Å²) in [6.07, 6.45) is 12.0. The van der Waals surface area contributed by atoms with Crippen LogP contribution in [0.15, 0.2) is 37.0 Å². The molecule has 1 saturated heterocycles. The quantitative estimate of drug-likeness (QED) is 0.786. The molecule has 1 rings (SSSR count). The predicted octanol–water partition coefficient (Wildman–Crippen LogP) is 3.96. The summed E-state index contributed by atoms with van der Waals surface area (Å²) in [6, 6.07) is 0. The summed E-state index contributed by atoms with van der Waals surface area (Å²) in [5, 5.41) is 2.78. The second-order valence-corrected chi connectivity index (χ2v) is 4.32. The molecule has 1 aliphatic heterocycles. The number of thioether (sulfide) groups is 1. The van der Waals surface area contributed by atoms with Crippen LogP contribution in [0, 0.1) is 0 Å². The topological polar surface area (TPSA) is 29.1 Å². The third kappa shape index (κ3) is 17.4. The zero-order chi connectivity index (χ0) is 14.1. The fourth-order valence-electron chi connectivity index (χ4n) is 0.975. The SMILES string of the molecule is C=C/C=C\C=C/CC.CC.O=C1CSCCCN1. The summed E-state index contributed by atoms with van der Waals surface area (Å²) in [4.78, 5) is 10.6. The van der Waals surface area contributed by atoms with Gasteiger partial charge in [0.05, 0.1) is 5.75 Å². The number of carbonyl (C=O) groups is 1. The van der Waals surface area contributed by atoms with Crippen molar-refractivity contribution >= 4 is 17.7 Å². The first-order valence-electron chi connectivity index (χ1n) is 6.60. The third-order valence-electron chi connectivity index (χ3n) is 1.75. The molecule has 0 saturated carbocycles. The van der Waals surface area contributed by atoms with Crippen LogP contribution >= 0.6 is 11.8 Å². The maximum Gasteiger partial charge on any atom is 0.229 e. The van der Waals surface area contributed by atoms with Gasteiger partial charge in [0.25, 0.3) is 0 Å². The summed E-state index contributed by atoms with van der Waals surface area (Å²) in [7, 11) is 0. The van der Waals surface area contributed by atoms with E-state index < -0.39 is 0 Å². The molecule has 0 atom stereocenters. The standard InChI is InChI=1S/C8H12.C5H9NOS.C2H6/c1-3-5-7-8-6-4-2;7-5-4-8-3-1-2-6-5;1-2/h3,5-8H,1,4H2,2H3;1-4H2,(H,6,7);1-2H3/b7-5-,8-6-;;. The predicted molar refractivity (Wildman–Crippen MR) is 85.1 cm³/mol. The van der Waals surface area contributed by atoms with Crippen LogP contribution in [0.5, 0.6) is 0 Å². The second kappa shape index (κ2) is 18.4. The molecule has 18 heavy (non-hydrogen) atoms. The smallest absolute Gasteiger partial charge is 0.229 e. The summed E-state index contributed by atoms with van der Waals surface area (Å²) >= 11 is 1.71. The average Bonchev–Trinajstić information content (AvgIpc) is 2.66. The molecule has 1 N–H and O–H groups in total. The molecular weight excluding hydrogens is 242 g/mol. The Balaban J connectivity index is 0. The zero-order valence-corrected chi connectivity index (χ0v) is 12.8. The van der Waals surface area contributed by atoms with Crippen molar-refractivity contribution < 1.29 is 4.79 Å². The van der Waals surface area contributed by atoms with E-state index in [1.54, 1.807) is 17.8 Å². The summed E-state index contributed by atoms with van der Waals surface area (Å²) in [6.45, 7) is 10.5. The monoisotopic (exact) mass is 269 g/mol. The lowest BCUT2D eigenvalue weighted by atomic mass is 10.4. The van der Waals surface area contributed by atoms with Gasteiger partial charge in [-0.1, -0.05) is 57.7 Å². The van der Waals surface area contributed by atoms with Gasteiger partial charge in [-0.15, -0.1) is 0 Å². The van der Waals surface area contributed by atoms with E-state index in [2.05, 4.69) is 24.9 Å². The molecule has 0 aromatic carbocycles. The molecule has 0 aliphatic carbocycles. The molecule has 0 bridgehead atoms. The van der Waals surface area contributed by atoms with Crippen molar-refractivity contribution in [3.05, 3.63) is 37.0 Å². The average molecular weight is 269 g/mol. The maximum atomic E-state index is 10.6. The number of hydrogen-bond acceptors (Lipinski definition) is 2. The Morgan fingerprint density at radius 1 is 1.33 bits per heavy atom. The van der Waals surface area contributed by atoms with Crippen molar-refractivity contribution in [1.82, 2.24) is 5.32 Å². The van der Waals surface area contributed by atoms with E-state index >= 15 is 0 Å². The van der Waals surface area contributed by atoms with Crippen LogP contribution in [-0.4, -0.2) is 24.0 Å². The van der Waals surface area contributed by atoms with Crippen molar-refractivity contribution in [3.63, 3.8) is 0 Å². The Bertz CT molecular complexity index is 237. The van der Waals surface area contributed by atoms with Gasteiger partial charge < -0.3 is 5.32 Å². The van der Waals surface area contributed by atoms with Gasteiger partial charge >= 0.3 is 0 Å². The molecule has 0 spiro atoms. The molecule has 0 aromatic rings. The molecule has 1 aliphatic rings. The van der Waals surface area contributed by atoms with E-state index in [-0.39, 0.29) is 5.91 Å². The van der Waals surface area contributed by atoms with Crippen LogP contribution < -0.4 is 5.32 Å². The lowest BCUT2D eigenvalue weighted by molar-refractivity contribution is -0.118. The van der Waals surface area contributed by atoms with E-state index in [9.17, 15) is 4.79 Å². The van der Waals surface area contributed by atoms with E-state index in [4.69, 9.17) is 0 Å². The molecular formula is C15H27NOS. The number of carbonyl (C=O) groups excluding carboxylic acids is 1. The lowest BCUT2D eigenvalue weighted by Gasteiger charge is -1.93. The van der Waals surface area contributed by atoms with Crippen LogP contribution in [0.4, 0.5) is 0 Å². The van der Waals surface area contributed by atoms with Gasteiger partial charge in [-0.3, -0.25) is 4.79 Å². The Kier molecular flexibility index (Phi) is 19.8. The summed E-state index contributed by atoms with van der Waals surface area (Å²) in [5.74, 6) is 1.96. The minimum absolute atomic E-state index is 0.188. The first-order chi connectivity index (χ1) is 8.81. The largest absolute Gasteiger partial charge is 0.355 e. The molecule has 1 amide bonds. The van der Waals surface area contributed by atoms with Gasteiger partial charge in [0.15, 0.2) is 0 Å². The summed E-state index contributed by atoms with van der Waals surface area (Å²) < 4.78 is 0. The Morgan fingerprint density at radius 3 is 2.67 bits per heavy atom. The highest BCUT2D eigenvalue weighted by atomic mass is 32.2. The second-order valence-electron chi connectivity index (χ2n) is 3.21. The van der Waals surface area contributed by atoms with Crippen LogP contribution in [0.1, 0.15) is 33.6 Å². The zero-order valence-electron chi connectivity index (χ0n) is 11.9. The first-order valence-corrected chi connectivity index (χ1v) is 7.75. The minimum atomic E-state index is 0.188. The highest BCUT2D eigenvalue weighted by Crippen LogP contribution is 2.03. The van der Waals surface area contributed by atoms with E-state index in [0.29, 0.717) is 5.75 Å². The van der Waals surface area contributed by atoms with Crippen LogP contribution in [0.25, 0.3) is 0 Å². The normalized spacial score (nSPS) is 14.9. The van der Waals surface area contributed by atoms with E-state index in [0.717, 1.165) is 25.1 Å². The van der Waals surface area contributed by atoms with Gasteiger partial charge in [0, 0.05) is 6.54 Å². The molecule has 1 fully saturated rings. The molecule has 104 valence electrons. The number of nitrogens with one attached hydrogen (secondary N) is 1. The fraction of sp³-hybridized carbons (Fsp3) is 0.533. The fourth-order valence-corrected chi connectivity index (χ4v) is 1.76. The third-order valence-corrected chi connectivity index (χ3v) is 2.79. The van der Waals surface area contributed by atoms with Gasteiger partial charge in [0.1, 0.15) is 0 Å². The van der Waals surface area contributed by atoms with Gasteiger partial charge in [-0.25, -0.2) is 0 Å². The van der Waals surface area contributed by atoms with Crippen LogP contribution in [-0.2, 0) is 4.79 Å². The van der Waals surface area contributed by atoms with Gasteiger partial charge in [0.2, 0.25) is 5.91 Å². The van der Waals surface area contributed by atoms with Crippen molar-refractivity contribution in [3.8, 4) is 0 Å². The number of allylic oxidation sites excluding steroid dienone is 5. The summed E-state index contributed by atoms with van der Waals surface area (Å²) in [5.41, 5.74) is 0. The van der Waals surface area contributed by atoms with Crippen molar-refractivity contribution in [2.75, 3.05) is 18.1 Å². The molecule has 0 aromatic heterocycles. The Labute approximate surface area is 117 Å². The Morgan fingerprint density at radius 2 is 2.06 bits per heavy atom. The number of hydrogen-bond donors (Lipinski definition) is 1. The van der Waals surface area contributed by atoms with E-state index in [1.807, 2.05) is 32.1 Å². The van der Waals surface area contributed by atoms with Crippen molar-refractivity contribution in [2.24, 2.45) is 0 Å². The number of amides is 1. The highest BCUT2D eigenvalue weighted by Gasteiger charge is 2.03. The lowest BCUT2D eigenvalue weighted by Crippen LogP contribution is -2.23. The molecule has 3 heteroatoms. The van der Waals surface area contributed by atoms with Crippen LogP contribution in [0.2, 0.25) is 0 Å². The van der Waals surface area contributed by atoms with E-state index in [1.165, 1.54) is 0 Å².